The molecule has 4 atom stereocenters. The molecule has 1 rings (SSSR count). The Balaban J connectivity index is 2.39. The SMILES string of the molecule is CC[C@H](C)[C@@H](C)[C@H]1O[C@@H]1CC(C)(C)/C=C/CO. The fourth-order valence-electron chi connectivity index (χ4n) is 2.44. The molecule has 1 aliphatic heterocycles. The number of hydrogen-bond acceptors (Lipinski definition) is 2. The Kier molecular flexibility index (Phi) is 5.21. The van der Waals surface area contributed by atoms with Crippen LogP contribution >= 0.6 is 0 Å². The van der Waals surface area contributed by atoms with E-state index in [0.29, 0.717) is 18.1 Å². The molecule has 0 spiro atoms. The Labute approximate surface area is 106 Å². The van der Waals surface area contributed by atoms with Gasteiger partial charge < -0.3 is 9.84 Å². The monoisotopic (exact) mass is 240 g/mol. The molecule has 2 heteroatoms. The normalized spacial score (nSPS) is 28.4. The maximum Gasteiger partial charge on any atom is 0.0870 e. The van der Waals surface area contributed by atoms with Gasteiger partial charge in [-0.15, -0.1) is 0 Å². The Morgan fingerprint density at radius 1 is 1.35 bits per heavy atom. The van der Waals surface area contributed by atoms with Gasteiger partial charge in [-0.25, -0.2) is 0 Å². The number of hydrogen-bond donors (Lipinski definition) is 1. The van der Waals surface area contributed by atoms with Crippen molar-refractivity contribution in [3.05, 3.63) is 12.2 Å². The quantitative estimate of drug-likeness (QED) is 0.546. The number of aliphatic hydroxyl groups is 1. The third-order valence-corrected chi connectivity index (χ3v) is 4.08. The van der Waals surface area contributed by atoms with Crippen LogP contribution in [0.4, 0.5) is 0 Å². The molecule has 1 N–H and O–H groups in total. The molecule has 0 aromatic rings. The van der Waals surface area contributed by atoms with E-state index in [4.69, 9.17) is 9.84 Å². The fraction of sp³-hybridized carbons (Fsp3) is 0.867. The van der Waals surface area contributed by atoms with Gasteiger partial charge in [0, 0.05) is 0 Å². The molecule has 0 aliphatic carbocycles. The summed E-state index contributed by atoms with van der Waals surface area (Å²) < 4.78 is 5.82. The number of rotatable bonds is 7. The van der Waals surface area contributed by atoms with E-state index < -0.39 is 0 Å². The van der Waals surface area contributed by atoms with E-state index in [1.165, 1.54) is 6.42 Å². The topological polar surface area (TPSA) is 32.8 Å². The van der Waals surface area contributed by atoms with E-state index in [9.17, 15) is 0 Å². The highest BCUT2D eigenvalue weighted by Crippen LogP contribution is 2.41. The third-order valence-electron chi connectivity index (χ3n) is 4.08. The van der Waals surface area contributed by atoms with Crippen molar-refractivity contribution in [3.63, 3.8) is 0 Å². The molecule has 0 radical (unpaired) electrons. The minimum absolute atomic E-state index is 0.122. The highest BCUT2D eigenvalue weighted by Gasteiger charge is 2.45. The van der Waals surface area contributed by atoms with Crippen molar-refractivity contribution in [2.24, 2.45) is 17.3 Å². The van der Waals surface area contributed by atoms with Crippen LogP contribution in [0.25, 0.3) is 0 Å². The third kappa shape index (κ3) is 4.44. The first-order valence-electron chi connectivity index (χ1n) is 6.85. The first-order valence-corrected chi connectivity index (χ1v) is 6.85. The largest absolute Gasteiger partial charge is 0.392 e. The van der Waals surface area contributed by atoms with Gasteiger partial charge >= 0.3 is 0 Å². The van der Waals surface area contributed by atoms with Crippen LogP contribution in [-0.4, -0.2) is 23.9 Å². The molecule has 0 amide bonds. The molecule has 0 aromatic heterocycles. The van der Waals surface area contributed by atoms with Gasteiger partial charge in [-0.3, -0.25) is 0 Å². The first kappa shape index (κ1) is 14.7. The minimum atomic E-state index is 0.122. The van der Waals surface area contributed by atoms with Gasteiger partial charge in [0.05, 0.1) is 18.8 Å². The average Bonchev–Trinajstić information content (AvgIpc) is 3.02. The lowest BCUT2D eigenvalue weighted by Crippen LogP contribution is -2.18. The number of aliphatic hydroxyl groups excluding tert-OH is 1. The summed E-state index contributed by atoms with van der Waals surface area (Å²) in [6, 6.07) is 0. The smallest absolute Gasteiger partial charge is 0.0870 e. The van der Waals surface area contributed by atoms with Crippen molar-refractivity contribution in [1.82, 2.24) is 0 Å². The van der Waals surface area contributed by atoms with E-state index in [2.05, 4.69) is 40.7 Å². The zero-order chi connectivity index (χ0) is 13.1. The lowest BCUT2D eigenvalue weighted by Gasteiger charge is -2.20. The van der Waals surface area contributed by atoms with Gasteiger partial charge in [0.15, 0.2) is 0 Å². The van der Waals surface area contributed by atoms with E-state index >= 15 is 0 Å². The molecule has 0 saturated carbocycles. The maximum absolute atomic E-state index is 8.81. The molecule has 0 bridgehead atoms. The van der Waals surface area contributed by atoms with Gasteiger partial charge in [-0.05, 0) is 23.7 Å². The zero-order valence-electron chi connectivity index (χ0n) is 11.9. The van der Waals surface area contributed by atoms with Crippen LogP contribution in [0.2, 0.25) is 0 Å². The van der Waals surface area contributed by atoms with Gasteiger partial charge in [-0.1, -0.05) is 53.2 Å². The molecule has 0 unspecified atom stereocenters. The number of epoxide rings is 1. The summed E-state index contributed by atoms with van der Waals surface area (Å²) in [5.74, 6) is 1.39. The number of allylic oxidation sites excluding steroid dienone is 1. The predicted octanol–water partition coefficient (Wildman–Crippen LogP) is 3.40. The number of ether oxygens (including phenoxy) is 1. The summed E-state index contributed by atoms with van der Waals surface area (Å²) in [5, 5.41) is 8.81. The Bertz CT molecular complexity index is 258. The first-order chi connectivity index (χ1) is 7.91. The van der Waals surface area contributed by atoms with E-state index in [1.807, 2.05) is 6.08 Å². The van der Waals surface area contributed by atoms with Gasteiger partial charge in [0.25, 0.3) is 0 Å². The standard InChI is InChI=1S/C15H28O2/c1-6-11(2)12(3)14-13(17-14)10-15(4,5)8-7-9-16/h7-8,11-14,16H,6,9-10H2,1-5H3/b8-7+/t11-,12+,13+,14+/m0/s1. The maximum atomic E-state index is 8.81. The Hall–Kier alpha value is -0.340. The lowest BCUT2D eigenvalue weighted by atomic mass is 9.83. The molecule has 17 heavy (non-hydrogen) atoms. The lowest BCUT2D eigenvalue weighted by molar-refractivity contribution is 0.261. The Morgan fingerprint density at radius 2 is 2.00 bits per heavy atom. The molecule has 2 nitrogen and oxygen atoms in total. The Morgan fingerprint density at radius 3 is 2.53 bits per heavy atom. The van der Waals surface area contributed by atoms with Gasteiger partial charge in [0.1, 0.15) is 0 Å². The summed E-state index contributed by atoms with van der Waals surface area (Å²) >= 11 is 0. The van der Waals surface area contributed by atoms with Crippen molar-refractivity contribution in [2.75, 3.05) is 6.61 Å². The van der Waals surface area contributed by atoms with Crippen LogP contribution in [0.5, 0.6) is 0 Å². The highest BCUT2D eigenvalue weighted by atomic mass is 16.6. The van der Waals surface area contributed by atoms with Crippen LogP contribution in [0.3, 0.4) is 0 Å². The van der Waals surface area contributed by atoms with Crippen LogP contribution in [-0.2, 0) is 4.74 Å². The van der Waals surface area contributed by atoms with Gasteiger partial charge in [0.2, 0.25) is 0 Å². The van der Waals surface area contributed by atoms with E-state index in [0.717, 1.165) is 12.3 Å². The molecule has 1 heterocycles. The molecular weight excluding hydrogens is 212 g/mol. The second-order valence-electron chi connectivity index (χ2n) is 6.16. The fourth-order valence-corrected chi connectivity index (χ4v) is 2.44. The summed E-state index contributed by atoms with van der Waals surface area (Å²) in [6.45, 7) is 11.4. The van der Waals surface area contributed by atoms with Crippen LogP contribution < -0.4 is 0 Å². The summed E-state index contributed by atoms with van der Waals surface area (Å²) in [6.07, 6.45) is 7.06. The zero-order valence-corrected chi connectivity index (χ0v) is 11.9. The second kappa shape index (κ2) is 6.01. The minimum Gasteiger partial charge on any atom is -0.392 e. The van der Waals surface area contributed by atoms with Crippen LogP contribution in [0.1, 0.15) is 47.5 Å². The van der Waals surface area contributed by atoms with E-state index in [1.54, 1.807) is 0 Å². The van der Waals surface area contributed by atoms with Crippen LogP contribution in [0.15, 0.2) is 12.2 Å². The molecular formula is C15H28O2. The van der Waals surface area contributed by atoms with Crippen LogP contribution in [0, 0.1) is 17.3 Å². The molecule has 1 fully saturated rings. The van der Waals surface area contributed by atoms with Crippen molar-refractivity contribution >= 4 is 0 Å². The average molecular weight is 240 g/mol. The molecule has 0 aromatic carbocycles. The summed E-state index contributed by atoms with van der Waals surface area (Å²) in [5.41, 5.74) is 0.122. The predicted molar refractivity (Wildman–Crippen MR) is 71.9 cm³/mol. The van der Waals surface area contributed by atoms with Gasteiger partial charge in [-0.2, -0.15) is 0 Å². The van der Waals surface area contributed by atoms with E-state index in [-0.39, 0.29) is 12.0 Å². The van der Waals surface area contributed by atoms with Crippen molar-refractivity contribution in [3.8, 4) is 0 Å². The van der Waals surface area contributed by atoms with Crippen molar-refractivity contribution in [2.45, 2.75) is 59.7 Å². The summed E-state index contributed by atoms with van der Waals surface area (Å²) in [4.78, 5) is 0. The molecule has 1 aliphatic rings. The highest BCUT2D eigenvalue weighted by molar-refractivity contribution is 5.01. The second-order valence-corrected chi connectivity index (χ2v) is 6.16. The summed E-state index contributed by atoms with van der Waals surface area (Å²) in [7, 11) is 0. The van der Waals surface area contributed by atoms with Crippen molar-refractivity contribution < 1.29 is 9.84 Å². The van der Waals surface area contributed by atoms with Crippen molar-refractivity contribution in [1.29, 1.82) is 0 Å². The molecule has 1 saturated heterocycles. The molecule has 100 valence electrons.